The average Bonchev–Trinajstić information content (AvgIpc) is 3.07. The van der Waals surface area contributed by atoms with E-state index in [0.717, 1.165) is 5.69 Å². The topological polar surface area (TPSA) is 87.2 Å². The van der Waals surface area contributed by atoms with Crippen LogP contribution in [0.4, 0.5) is 0 Å². The van der Waals surface area contributed by atoms with Crippen LogP contribution in [0.3, 0.4) is 0 Å². The molecule has 2 aromatic heterocycles. The fourth-order valence-corrected chi connectivity index (χ4v) is 1.79. The predicted molar refractivity (Wildman–Crippen MR) is 71.3 cm³/mol. The van der Waals surface area contributed by atoms with Gasteiger partial charge < -0.3 is 0 Å². The zero-order valence-corrected chi connectivity index (χ0v) is 11.4. The molecule has 2 heterocycles. The molecule has 3 rings (SSSR count). The van der Waals surface area contributed by atoms with Gasteiger partial charge in [-0.3, -0.25) is 0 Å². The van der Waals surface area contributed by atoms with Crippen LogP contribution in [0.2, 0.25) is 0 Å². The first-order valence-corrected chi connectivity index (χ1v) is 6.02. The summed E-state index contributed by atoms with van der Waals surface area (Å²) in [4.78, 5) is 1.64. The van der Waals surface area contributed by atoms with Gasteiger partial charge in [-0.05, 0) is 27.8 Å². The van der Waals surface area contributed by atoms with Crippen LogP contribution in [0.1, 0.15) is 0 Å². The Balaban J connectivity index is 2.14. The summed E-state index contributed by atoms with van der Waals surface area (Å²) in [5, 5.41) is 23.5. The molecule has 0 amide bonds. The van der Waals surface area contributed by atoms with Crippen LogP contribution in [0.25, 0.3) is 17.3 Å². The van der Waals surface area contributed by atoms with Gasteiger partial charge in [-0.15, -0.1) is 5.10 Å². The molecule has 0 N–H and O–H groups in total. The van der Waals surface area contributed by atoms with Crippen molar-refractivity contribution >= 4 is 0 Å². The third-order valence-electron chi connectivity index (χ3n) is 2.69. The fourth-order valence-electron chi connectivity index (χ4n) is 1.79. The minimum absolute atomic E-state index is 0.407. The van der Waals surface area contributed by atoms with Crippen LogP contribution in [0, 0.1) is 0 Å². The van der Waals surface area contributed by atoms with E-state index >= 15 is 0 Å². The third kappa shape index (κ3) is 2.03. The van der Waals surface area contributed by atoms with Gasteiger partial charge in [0.1, 0.15) is 0 Å². The zero-order chi connectivity index (χ0) is 14.2. The Labute approximate surface area is 115 Å². The number of hydrogen-bond acceptors (Lipinski definition) is 6. The molecule has 9 heteroatoms. The second-order valence-electron chi connectivity index (χ2n) is 5.08. The molecule has 0 unspecified atom stereocenters. The summed E-state index contributed by atoms with van der Waals surface area (Å²) in [5.41, 5.74) is 0.850. The number of hydrogen-bond donors (Lipinski definition) is 0. The van der Waals surface area contributed by atoms with Crippen molar-refractivity contribution in [1.82, 2.24) is 45.1 Å². The van der Waals surface area contributed by atoms with Crippen molar-refractivity contribution in [2.45, 2.75) is 0 Å². The summed E-state index contributed by atoms with van der Waals surface area (Å²) in [6, 6.07) is 9.61. The third-order valence-corrected chi connectivity index (χ3v) is 2.69. The van der Waals surface area contributed by atoms with Gasteiger partial charge in [0.15, 0.2) is 0 Å². The van der Waals surface area contributed by atoms with Crippen molar-refractivity contribution in [1.29, 1.82) is 0 Å². The van der Waals surface area contributed by atoms with Crippen LogP contribution >= 0.6 is 0 Å². The molecule has 0 aliphatic rings. The van der Waals surface area contributed by atoms with Gasteiger partial charge in [0.25, 0.3) is 5.82 Å². The molecule has 102 valence electrons. The largest absolute Gasteiger partial charge is 0.275 e. The summed E-state index contributed by atoms with van der Waals surface area (Å²) in [6.07, 6.45) is 0. The summed E-state index contributed by atoms with van der Waals surface area (Å²) < 4.78 is 2.02. The van der Waals surface area contributed by atoms with Gasteiger partial charge in [-0.1, -0.05) is 28.1 Å². The minimum atomic E-state index is 0.407. The van der Waals surface area contributed by atoms with Gasteiger partial charge in [-0.25, -0.2) is 4.59 Å². The molecule has 0 saturated carbocycles. The predicted octanol–water partition coefficient (Wildman–Crippen LogP) is -0.356. The Hall–Kier alpha value is -2.68. The lowest BCUT2D eigenvalue weighted by Gasteiger charge is -2.22. The van der Waals surface area contributed by atoms with Crippen molar-refractivity contribution in [3.63, 3.8) is 0 Å². The summed E-state index contributed by atoms with van der Waals surface area (Å²) in [6.45, 7) is 0. The first-order valence-electron chi connectivity index (χ1n) is 6.02. The van der Waals surface area contributed by atoms with Gasteiger partial charge in [0, 0.05) is 5.21 Å². The summed E-state index contributed by atoms with van der Waals surface area (Å²) in [7, 11) is 5.86. The van der Waals surface area contributed by atoms with Crippen LogP contribution in [0.15, 0.2) is 30.3 Å². The molecule has 20 heavy (non-hydrogen) atoms. The van der Waals surface area contributed by atoms with Crippen molar-refractivity contribution < 1.29 is 0 Å². The van der Waals surface area contributed by atoms with E-state index in [-0.39, 0.29) is 0 Å². The Morgan fingerprint density at radius 2 is 1.50 bits per heavy atom. The summed E-state index contributed by atoms with van der Waals surface area (Å²) >= 11 is 0. The van der Waals surface area contributed by atoms with E-state index < -0.39 is 0 Å². The van der Waals surface area contributed by atoms with Gasteiger partial charge in [-0.2, -0.15) is 4.68 Å². The van der Waals surface area contributed by atoms with Crippen LogP contribution < -0.4 is 4.59 Å². The maximum atomic E-state index is 4.04. The van der Waals surface area contributed by atoms with Gasteiger partial charge >= 0.3 is 0 Å². The lowest BCUT2D eigenvalue weighted by molar-refractivity contribution is 0.223. The number of nitrogens with zero attached hydrogens (tertiary/aromatic N) is 9. The zero-order valence-electron chi connectivity index (χ0n) is 11.4. The highest BCUT2D eigenvalue weighted by molar-refractivity contribution is 5.47. The van der Waals surface area contributed by atoms with Gasteiger partial charge in [0.05, 0.1) is 26.8 Å². The van der Waals surface area contributed by atoms with Crippen molar-refractivity contribution in [3.05, 3.63) is 30.3 Å². The number of benzene rings is 1. The molecule has 0 radical (unpaired) electrons. The molecular weight excluding hydrogens is 258 g/mol. The minimum Gasteiger partial charge on any atom is -0.204 e. The van der Waals surface area contributed by atoms with E-state index in [2.05, 4.69) is 31.1 Å². The highest BCUT2D eigenvalue weighted by Crippen LogP contribution is 2.16. The molecule has 0 spiro atoms. The number of para-hydroxylation sites is 1. The molecule has 0 saturated heterocycles. The molecule has 0 bridgehead atoms. The van der Waals surface area contributed by atoms with Crippen LogP contribution in [0.5, 0.6) is 0 Å². The van der Waals surface area contributed by atoms with E-state index in [9.17, 15) is 0 Å². The van der Waals surface area contributed by atoms with E-state index in [0.29, 0.717) is 16.2 Å². The second-order valence-corrected chi connectivity index (χ2v) is 5.08. The Morgan fingerprint density at radius 3 is 2.20 bits per heavy atom. The van der Waals surface area contributed by atoms with Crippen molar-refractivity contribution in [3.8, 4) is 17.3 Å². The smallest absolute Gasteiger partial charge is 0.204 e. The highest BCUT2D eigenvalue weighted by Gasteiger charge is 2.25. The van der Waals surface area contributed by atoms with Crippen molar-refractivity contribution in [2.24, 2.45) is 0 Å². The number of tetrazole rings is 2. The van der Waals surface area contributed by atoms with Gasteiger partial charge in [0.2, 0.25) is 5.82 Å². The molecule has 9 nitrogen and oxygen atoms in total. The lowest BCUT2D eigenvalue weighted by atomic mass is 10.3. The van der Waals surface area contributed by atoms with Crippen LogP contribution in [-0.2, 0) is 0 Å². The average molecular weight is 272 g/mol. The van der Waals surface area contributed by atoms with E-state index in [1.165, 1.54) is 0 Å². The fraction of sp³-hybridized carbons (Fsp3) is 0.273. The molecule has 0 atom stereocenters. The summed E-state index contributed by atoms with van der Waals surface area (Å²) in [5.74, 6) is 1.00. The second kappa shape index (κ2) is 4.46. The first kappa shape index (κ1) is 12.4. The highest BCUT2D eigenvalue weighted by atomic mass is 15.8. The molecule has 3 aromatic rings. The lowest BCUT2D eigenvalue weighted by Crippen LogP contribution is -2.48. The van der Waals surface area contributed by atoms with E-state index in [4.69, 9.17) is 0 Å². The molecule has 0 fully saturated rings. The van der Waals surface area contributed by atoms with E-state index in [1.807, 2.05) is 51.5 Å². The Bertz CT molecular complexity index is 707. The molecule has 0 aliphatic heterocycles. The first-order chi connectivity index (χ1) is 9.57. The number of aromatic nitrogens is 8. The van der Waals surface area contributed by atoms with Crippen LogP contribution in [-0.4, -0.2) is 61.7 Å². The normalized spacial score (nSPS) is 11.8. The molecule has 0 aliphatic carbocycles. The molecule has 1 aromatic carbocycles. The van der Waals surface area contributed by atoms with E-state index in [1.54, 1.807) is 9.47 Å². The Kier molecular flexibility index (Phi) is 2.75. The maximum absolute atomic E-state index is 4.04. The monoisotopic (exact) mass is 272 g/mol. The number of rotatable bonds is 3. The number of quaternary nitrogens is 1. The maximum Gasteiger partial charge on any atom is 0.275 e. The standard InChI is InChI=1S/C11H14N9/c1-20(2,3)19-11(13-15-17-19)10-12-14-16-18(10)9-7-5-4-6-8-9/h4-8H,1-3H3/q+1. The van der Waals surface area contributed by atoms with Crippen molar-refractivity contribution in [2.75, 3.05) is 21.1 Å². The molecular formula is C11H14N9+. The quantitative estimate of drug-likeness (QED) is 0.605. The SMILES string of the molecule is C[N+](C)(C)n1nnnc1-c1nnnn1-c1ccccc1. The Morgan fingerprint density at radius 1 is 0.850 bits per heavy atom.